The molecule has 0 aliphatic heterocycles. The molecule has 35 heavy (non-hydrogen) atoms. The number of carboxylic acids is 1. The van der Waals surface area contributed by atoms with Gasteiger partial charge in [0, 0.05) is 4.90 Å². The van der Waals surface area contributed by atoms with Crippen molar-refractivity contribution in [3.63, 3.8) is 0 Å². The fourth-order valence-corrected chi connectivity index (χ4v) is 4.26. The molecule has 4 rings (SSSR count). The molecular formula is C24H21N5O5S. The molecule has 1 unspecified atom stereocenters. The van der Waals surface area contributed by atoms with E-state index in [-0.39, 0.29) is 13.2 Å². The van der Waals surface area contributed by atoms with Crippen molar-refractivity contribution >= 4 is 40.4 Å². The molecule has 178 valence electrons. The van der Waals surface area contributed by atoms with E-state index in [0.717, 1.165) is 21.2 Å². The van der Waals surface area contributed by atoms with Crippen molar-refractivity contribution in [3.8, 4) is 0 Å². The maximum atomic E-state index is 12.9. The minimum absolute atomic E-state index is 0.0144. The SMILES string of the molecule is O=C(O)CC(NC(=O)OCc1ccccc1)C(=O)Cn1nnnc1Sc1cccc2ccccc12. The maximum absolute atomic E-state index is 12.9. The van der Waals surface area contributed by atoms with E-state index in [4.69, 9.17) is 4.74 Å². The summed E-state index contributed by atoms with van der Waals surface area (Å²) < 4.78 is 6.40. The van der Waals surface area contributed by atoms with E-state index in [1.165, 1.54) is 16.4 Å². The molecule has 1 atom stereocenters. The Bertz CT molecular complexity index is 1340. The number of carbonyl (C=O) groups is 3. The van der Waals surface area contributed by atoms with Crippen molar-refractivity contribution in [1.82, 2.24) is 25.5 Å². The molecule has 0 aliphatic carbocycles. The lowest BCUT2D eigenvalue weighted by molar-refractivity contribution is -0.139. The van der Waals surface area contributed by atoms with Crippen molar-refractivity contribution in [1.29, 1.82) is 0 Å². The molecule has 0 saturated heterocycles. The summed E-state index contributed by atoms with van der Waals surface area (Å²) in [6.07, 6.45) is -1.50. The molecule has 0 radical (unpaired) electrons. The van der Waals surface area contributed by atoms with Gasteiger partial charge in [-0.2, -0.15) is 0 Å². The number of aliphatic carboxylic acids is 1. The third-order valence-electron chi connectivity index (χ3n) is 5.03. The number of nitrogens with zero attached hydrogens (tertiary/aromatic N) is 4. The van der Waals surface area contributed by atoms with Crippen LogP contribution >= 0.6 is 11.8 Å². The van der Waals surface area contributed by atoms with Crippen LogP contribution in [-0.2, 0) is 27.5 Å². The number of aromatic nitrogens is 4. The Hall–Kier alpha value is -4.25. The molecule has 1 aromatic heterocycles. The molecule has 0 bridgehead atoms. The number of tetrazole rings is 1. The lowest BCUT2D eigenvalue weighted by Crippen LogP contribution is -2.44. The zero-order chi connectivity index (χ0) is 24.6. The number of carboxylic acid groups (broad SMARTS) is 1. The highest BCUT2D eigenvalue weighted by molar-refractivity contribution is 7.99. The molecule has 11 heteroatoms. The number of fused-ring (bicyclic) bond motifs is 1. The van der Waals surface area contributed by atoms with Crippen LogP contribution in [0.1, 0.15) is 12.0 Å². The molecule has 1 heterocycles. The number of ketones is 1. The van der Waals surface area contributed by atoms with Gasteiger partial charge in [-0.25, -0.2) is 9.48 Å². The van der Waals surface area contributed by atoms with Gasteiger partial charge < -0.3 is 15.2 Å². The number of hydrogen-bond donors (Lipinski definition) is 2. The monoisotopic (exact) mass is 491 g/mol. The van der Waals surface area contributed by atoms with Crippen LogP contribution in [0.25, 0.3) is 10.8 Å². The van der Waals surface area contributed by atoms with Crippen LogP contribution < -0.4 is 5.32 Å². The second-order valence-electron chi connectivity index (χ2n) is 7.52. The highest BCUT2D eigenvalue weighted by Gasteiger charge is 2.26. The largest absolute Gasteiger partial charge is 0.481 e. The van der Waals surface area contributed by atoms with E-state index in [9.17, 15) is 19.5 Å². The fraction of sp³-hybridized carbons (Fsp3) is 0.167. The van der Waals surface area contributed by atoms with Crippen LogP contribution in [0.2, 0.25) is 0 Å². The Morgan fingerprint density at radius 1 is 1.00 bits per heavy atom. The summed E-state index contributed by atoms with van der Waals surface area (Å²) in [6, 6.07) is 21.3. The lowest BCUT2D eigenvalue weighted by atomic mass is 10.1. The molecule has 0 spiro atoms. The van der Waals surface area contributed by atoms with Gasteiger partial charge >= 0.3 is 12.1 Å². The van der Waals surface area contributed by atoms with Crippen LogP contribution in [0.4, 0.5) is 4.79 Å². The Balaban J connectivity index is 1.43. The Labute approximate surface area is 204 Å². The van der Waals surface area contributed by atoms with E-state index in [1.54, 1.807) is 24.3 Å². The number of hydrogen-bond acceptors (Lipinski definition) is 8. The van der Waals surface area contributed by atoms with Gasteiger partial charge in [0.2, 0.25) is 5.16 Å². The molecule has 4 aromatic rings. The number of ether oxygens (including phenoxy) is 1. The van der Waals surface area contributed by atoms with E-state index in [1.807, 2.05) is 48.5 Å². The average Bonchev–Trinajstić information content (AvgIpc) is 3.29. The van der Waals surface area contributed by atoms with Gasteiger partial charge in [0.05, 0.1) is 6.42 Å². The molecular weight excluding hydrogens is 470 g/mol. The van der Waals surface area contributed by atoms with Gasteiger partial charge in [-0.3, -0.25) is 9.59 Å². The Morgan fingerprint density at radius 3 is 2.54 bits per heavy atom. The predicted octanol–water partition coefficient (Wildman–Crippen LogP) is 3.32. The number of amides is 1. The van der Waals surface area contributed by atoms with E-state index in [0.29, 0.717) is 5.16 Å². The van der Waals surface area contributed by atoms with E-state index >= 15 is 0 Å². The highest BCUT2D eigenvalue weighted by Crippen LogP contribution is 2.32. The van der Waals surface area contributed by atoms with Crippen LogP contribution in [0.15, 0.2) is 82.8 Å². The minimum Gasteiger partial charge on any atom is -0.481 e. The van der Waals surface area contributed by atoms with Crippen LogP contribution in [0.5, 0.6) is 0 Å². The normalized spacial score (nSPS) is 11.7. The molecule has 0 aliphatic rings. The standard InChI is InChI=1S/C24H21N5O5S/c30-20(19(13-22(31)32)25-24(33)34-15-16-7-2-1-3-8-16)14-29-23(26-27-28-29)35-21-12-6-10-17-9-4-5-11-18(17)21/h1-12,19H,13-15H2,(H,25,33)(H,31,32). The van der Waals surface area contributed by atoms with Gasteiger partial charge in [0.15, 0.2) is 5.78 Å². The van der Waals surface area contributed by atoms with Gasteiger partial charge in [-0.05, 0) is 44.6 Å². The quantitative estimate of drug-likeness (QED) is 0.342. The highest BCUT2D eigenvalue weighted by atomic mass is 32.2. The summed E-state index contributed by atoms with van der Waals surface area (Å²) in [7, 11) is 0. The lowest BCUT2D eigenvalue weighted by Gasteiger charge is -2.16. The fourth-order valence-electron chi connectivity index (χ4n) is 3.34. The first-order valence-corrected chi connectivity index (χ1v) is 11.4. The molecule has 0 fully saturated rings. The second kappa shape index (κ2) is 11.3. The summed E-state index contributed by atoms with van der Waals surface area (Å²) in [5.41, 5.74) is 0.757. The molecule has 0 saturated carbocycles. The van der Waals surface area contributed by atoms with Crippen LogP contribution in [-0.4, -0.2) is 49.2 Å². The van der Waals surface area contributed by atoms with Crippen molar-refractivity contribution in [2.24, 2.45) is 0 Å². The van der Waals surface area contributed by atoms with Gasteiger partial charge in [-0.1, -0.05) is 66.7 Å². The van der Waals surface area contributed by atoms with Gasteiger partial charge in [0.1, 0.15) is 19.2 Å². The number of alkyl carbamates (subject to hydrolysis) is 1. The first-order valence-electron chi connectivity index (χ1n) is 10.6. The van der Waals surface area contributed by atoms with Crippen molar-refractivity contribution in [2.75, 3.05) is 0 Å². The number of carbonyl (C=O) groups excluding carboxylic acids is 2. The van der Waals surface area contributed by atoms with E-state index < -0.39 is 30.3 Å². The third kappa shape index (κ3) is 6.42. The number of rotatable bonds is 10. The van der Waals surface area contributed by atoms with Crippen molar-refractivity contribution in [2.45, 2.75) is 35.7 Å². The molecule has 10 nitrogen and oxygen atoms in total. The summed E-state index contributed by atoms with van der Waals surface area (Å²) in [4.78, 5) is 37.3. The van der Waals surface area contributed by atoms with Crippen LogP contribution in [0.3, 0.4) is 0 Å². The summed E-state index contributed by atoms with van der Waals surface area (Å²) in [5, 5.41) is 25.5. The summed E-state index contributed by atoms with van der Waals surface area (Å²) in [5.74, 6) is -1.81. The minimum atomic E-state index is -1.31. The first kappa shape index (κ1) is 23.9. The average molecular weight is 492 g/mol. The van der Waals surface area contributed by atoms with Crippen LogP contribution in [0, 0.1) is 0 Å². The molecule has 2 N–H and O–H groups in total. The Kier molecular flexibility index (Phi) is 7.68. The second-order valence-corrected chi connectivity index (χ2v) is 8.53. The first-order chi connectivity index (χ1) is 17.0. The number of benzene rings is 3. The molecule has 1 amide bonds. The van der Waals surface area contributed by atoms with Crippen molar-refractivity contribution in [3.05, 3.63) is 78.4 Å². The van der Waals surface area contributed by atoms with Gasteiger partial charge in [0.25, 0.3) is 0 Å². The Morgan fingerprint density at radius 2 is 1.74 bits per heavy atom. The smallest absolute Gasteiger partial charge is 0.408 e. The maximum Gasteiger partial charge on any atom is 0.408 e. The zero-order valence-electron chi connectivity index (χ0n) is 18.4. The van der Waals surface area contributed by atoms with E-state index in [2.05, 4.69) is 20.8 Å². The molecule has 3 aromatic carbocycles. The van der Waals surface area contributed by atoms with Crippen molar-refractivity contribution < 1.29 is 24.2 Å². The summed E-state index contributed by atoms with van der Waals surface area (Å²) >= 11 is 1.28. The number of Topliss-reactive ketones (excluding diaryl/α,β-unsaturated/α-hetero) is 1. The third-order valence-corrected chi connectivity index (χ3v) is 6.08. The zero-order valence-corrected chi connectivity index (χ0v) is 19.2. The predicted molar refractivity (Wildman–Crippen MR) is 127 cm³/mol. The topological polar surface area (TPSA) is 136 Å². The summed E-state index contributed by atoms with van der Waals surface area (Å²) in [6.45, 7) is -0.337. The van der Waals surface area contributed by atoms with Gasteiger partial charge in [-0.15, -0.1) is 5.10 Å². The number of nitrogens with one attached hydrogen (secondary N) is 1.